The maximum atomic E-state index is 13.1. The van der Waals surface area contributed by atoms with E-state index < -0.39 is 11.5 Å². The van der Waals surface area contributed by atoms with E-state index in [4.69, 9.17) is 4.42 Å². The van der Waals surface area contributed by atoms with Crippen molar-refractivity contribution in [2.45, 2.75) is 13.3 Å². The first-order valence-corrected chi connectivity index (χ1v) is 9.19. The van der Waals surface area contributed by atoms with E-state index in [1.807, 2.05) is 73.7 Å². The first-order valence-electron chi connectivity index (χ1n) is 9.19. The van der Waals surface area contributed by atoms with Crippen LogP contribution in [0, 0.1) is 0 Å². The summed E-state index contributed by atoms with van der Waals surface area (Å²) in [6, 6.07) is 24.3. The predicted molar refractivity (Wildman–Crippen MR) is 112 cm³/mol. The number of fused-ring (bicyclic) bond motifs is 1. The zero-order valence-electron chi connectivity index (χ0n) is 15.4. The minimum Gasteiger partial charge on any atom is -0.416 e. The molecule has 1 aromatic heterocycles. The molecule has 4 rings (SSSR count). The minimum atomic E-state index is -0.524. The van der Waals surface area contributed by atoms with Crippen molar-refractivity contribution in [2.75, 3.05) is 5.32 Å². The van der Waals surface area contributed by atoms with Gasteiger partial charge in [-0.3, -0.25) is 4.79 Å². The van der Waals surface area contributed by atoms with Gasteiger partial charge in [-0.25, -0.2) is 4.79 Å². The molecule has 0 atom stereocenters. The van der Waals surface area contributed by atoms with E-state index in [9.17, 15) is 9.59 Å². The Kier molecular flexibility index (Phi) is 4.77. The largest absolute Gasteiger partial charge is 0.416 e. The monoisotopic (exact) mass is 369 g/mol. The molecule has 0 aliphatic rings. The van der Waals surface area contributed by atoms with Crippen LogP contribution in [-0.2, 0) is 6.42 Å². The van der Waals surface area contributed by atoms with Gasteiger partial charge in [0.25, 0.3) is 5.91 Å². The second kappa shape index (κ2) is 7.53. The number of amides is 1. The molecular formula is C24H19NO3. The van der Waals surface area contributed by atoms with Crippen LogP contribution < -0.4 is 10.9 Å². The van der Waals surface area contributed by atoms with E-state index in [0.29, 0.717) is 22.0 Å². The Balaban J connectivity index is 1.91. The topological polar surface area (TPSA) is 59.3 Å². The Labute approximate surface area is 162 Å². The van der Waals surface area contributed by atoms with Crippen LogP contribution >= 0.6 is 0 Å². The molecule has 0 radical (unpaired) electrons. The van der Waals surface area contributed by atoms with E-state index in [-0.39, 0.29) is 5.76 Å². The number of nitrogens with one attached hydrogen (secondary N) is 1. The maximum Gasteiger partial charge on any atom is 0.344 e. The highest BCUT2D eigenvalue weighted by Gasteiger charge is 2.21. The Hall–Kier alpha value is -3.66. The van der Waals surface area contributed by atoms with Gasteiger partial charge in [-0.05, 0) is 29.7 Å². The summed E-state index contributed by atoms with van der Waals surface area (Å²) in [5, 5.41) is 4.05. The third-order valence-corrected chi connectivity index (χ3v) is 4.75. The van der Waals surface area contributed by atoms with Crippen LogP contribution in [0.3, 0.4) is 0 Å². The van der Waals surface area contributed by atoms with Crippen molar-refractivity contribution in [1.82, 2.24) is 0 Å². The number of hydrogen-bond acceptors (Lipinski definition) is 3. The average Bonchev–Trinajstić information content (AvgIpc) is 2.74. The van der Waals surface area contributed by atoms with Crippen molar-refractivity contribution < 1.29 is 9.21 Å². The zero-order valence-corrected chi connectivity index (χ0v) is 15.4. The average molecular weight is 369 g/mol. The lowest BCUT2D eigenvalue weighted by Crippen LogP contribution is -2.17. The van der Waals surface area contributed by atoms with E-state index in [2.05, 4.69) is 5.32 Å². The van der Waals surface area contributed by atoms with Crippen molar-refractivity contribution in [3.8, 4) is 11.1 Å². The van der Waals surface area contributed by atoms with Crippen LogP contribution in [0.15, 0.2) is 88.1 Å². The number of aryl methyl sites for hydroxylation is 1. The van der Waals surface area contributed by atoms with E-state index in [1.54, 1.807) is 12.1 Å². The number of rotatable bonds is 4. The van der Waals surface area contributed by atoms with E-state index >= 15 is 0 Å². The molecule has 0 fully saturated rings. The van der Waals surface area contributed by atoms with Gasteiger partial charge in [-0.2, -0.15) is 0 Å². The smallest absolute Gasteiger partial charge is 0.344 e. The molecule has 0 bridgehead atoms. The molecule has 1 amide bonds. The predicted octanol–water partition coefficient (Wildman–Crippen LogP) is 5.27. The summed E-state index contributed by atoms with van der Waals surface area (Å²) >= 11 is 0. The fourth-order valence-corrected chi connectivity index (χ4v) is 3.38. The fraction of sp³-hybridized carbons (Fsp3) is 0.0833. The molecule has 4 nitrogen and oxygen atoms in total. The van der Waals surface area contributed by atoms with Gasteiger partial charge in [0.05, 0.1) is 5.39 Å². The Morgan fingerprint density at radius 1 is 0.857 bits per heavy atom. The second-order valence-corrected chi connectivity index (χ2v) is 6.47. The third kappa shape index (κ3) is 3.21. The highest BCUT2D eigenvalue weighted by molar-refractivity contribution is 6.12. The molecule has 1 N–H and O–H groups in total. The molecule has 4 heteroatoms. The molecule has 3 aromatic carbocycles. The van der Waals surface area contributed by atoms with Crippen molar-refractivity contribution in [1.29, 1.82) is 0 Å². The number of hydrogen-bond donors (Lipinski definition) is 1. The molecule has 138 valence electrons. The van der Waals surface area contributed by atoms with Crippen molar-refractivity contribution in [3.63, 3.8) is 0 Å². The molecule has 0 aliphatic carbocycles. The lowest BCUT2D eigenvalue weighted by atomic mass is 9.98. The molecule has 0 unspecified atom stereocenters. The number of para-hydroxylation sites is 1. The molecule has 0 saturated heterocycles. The summed E-state index contributed by atoms with van der Waals surface area (Å²) in [5.41, 5.74) is 2.63. The summed E-state index contributed by atoms with van der Waals surface area (Å²) in [4.78, 5) is 25.6. The van der Waals surface area contributed by atoms with Gasteiger partial charge in [-0.15, -0.1) is 0 Å². The molecule has 28 heavy (non-hydrogen) atoms. The molecule has 1 heterocycles. The van der Waals surface area contributed by atoms with Crippen LogP contribution in [0.2, 0.25) is 0 Å². The van der Waals surface area contributed by atoms with Gasteiger partial charge in [-0.1, -0.05) is 73.7 Å². The van der Waals surface area contributed by atoms with E-state index in [1.165, 1.54) is 0 Å². The van der Waals surface area contributed by atoms with Crippen LogP contribution in [0.25, 0.3) is 21.9 Å². The van der Waals surface area contributed by atoms with Gasteiger partial charge in [0.1, 0.15) is 0 Å². The highest BCUT2D eigenvalue weighted by atomic mass is 16.4. The summed E-state index contributed by atoms with van der Waals surface area (Å²) in [6.45, 7) is 2.02. The lowest BCUT2D eigenvalue weighted by Gasteiger charge is -2.13. The van der Waals surface area contributed by atoms with Gasteiger partial charge in [0.2, 0.25) is 5.76 Å². The number of anilines is 1. The molecular weight excluding hydrogens is 350 g/mol. The van der Waals surface area contributed by atoms with Crippen molar-refractivity contribution in [2.24, 2.45) is 0 Å². The van der Waals surface area contributed by atoms with Gasteiger partial charge >= 0.3 is 5.63 Å². The van der Waals surface area contributed by atoms with Gasteiger partial charge in [0.15, 0.2) is 0 Å². The normalized spacial score (nSPS) is 10.8. The quantitative estimate of drug-likeness (QED) is 0.533. The fourth-order valence-electron chi connectivity index (χ4n) is 3.38. The molecule has 0 spiro atoms. The minimum absolute atomic E-state index is 0.0146. The number of benzene rings is 3. The third-order valence-electron chi connectivity index (χ3n) is 4.75. The molecule has 0 aliphatic heterocycles. The van der Waals surface area contributed by atoms with Crippen molar-refractivity contribution in [3.05, 3.63) is 101 Å². The number of carbonyl (C=O) groups is 1. The SMILES string of the molecule is CCc1ccccc1NC(=O)c1oc(=O)c2ccccc2c1-c1ccccc1. The summed E-state index contributed by atoms with van der Waals surface area (Å²) < 4.78 is 5.52. The van der Waals surface area contributed by atoms with Crippen LogP contribution in [0.1, 0.15) is 23.0 Å². The van der Waals surface area contributed by atoms with Crippen LogP contribution in [-0.4, -0.2) is 5.91 Å². The van der Waals surface area contributed by atoms with Crippen LogP contribution in [0.4, 0.5) is 5.69 Å². The second-order valence-electron chi connectivity index (χ2n) is 6.47. The Morgan fingerprint density at radius 2 is 1.50 bits per heavy atom. The molecule has 4 aromatic rings. The maximum absolute atomic E-state index is 13.1. The van der Waals surface area contributed by atoms with E-state index in [0.717, 1.165) is 17.5 Å². The zero-order chi connectivity index (χ0) is 19.5. The molecule has 0 saturated carbocycles. The van der Waals surface area contributed by atoms with Crippen molar-refractivity contribution >= 4 is 22.4 Å². The Bertz CT molecular complexity index is 1210. The van der Waals surface area contributed by atoms with Crippen LogP contribution in [0.5, 0.6) is 0 Å². The Morgan fingerprint density at radius 3 is 2.25 bits per heavy atom. The summed E-state index contributed by atoms with van der Waals surface area (Å²) in [5.74, 6) is -0.427. The summed E-state index contributed by atoms with van der Waals surface area (Å²) in [7, 11) is 0. The summed E-state index contributed by atoms with van der Waals surface area (Å²) in [6.07, 6.45) is 0.781. The first-order chi connectivity index (χ1) is 13.7. The first kappa shape index (κ1) is 17.7. The number of carbonyl (C=O) groups excluding carboxylic acids is 1. The lowest BCUT2D eigenvalue weighted by molar-refractivity contribution is 0.0994. The van der Waals surface area contributed by atoms with Gasteiger partial charge < -0.3 is 9.73 Å². The van der Waals surface area contributed by atoms with Gasteiger partial charge in [0, 0.05) is 16.6 Å². The highest BCUT2D eigenvalue weighted by Crippen LogP contribution is 2.31. The standard InChI is InChI=1S/C24H19NO3/c1-2-16-10-6-9-15-20(16)25-23(26)22-21(17-11-4-3-5-12-17)18-13-7-8-14-19(18)24(27)28-22/h3-15H,2H2,1H3,(H,25,26).